The van der Waals surface area contributed by atoms with Crippen LogP contribution >= 0.6 is 0 Å². The van der Waals surface area contributed by atoms with E-state index >= 15 is 0 Å². The van der Waals surface area contributed by atoms with Gasteiger partial charge >= 0.3 is 15.9 Å². The molecule has 11 heteroatoms. The highest BCUT2D eigenvalue weighted by Crippen LogP contribution is 2.27. The molecule has 0 amide bonds. The van der Waals surface area contributed by atoms with E-state index < -0.39 is 15.9 Å². The number of rotatable bonds is 7. The lowest BCUT2D eigenvalue weighted by Crippen LogP contribution is -2.46. The molecule has 3 heterocycles. The van der Waals surface area contributed by atoms with E-state index in [-0.39, 0.29) is 38.4 Å². The summed E-state index contributed by atoms with van der Waals surface area (Å²) in [5.41, 5.74) is 2.00. The van der Waals surface area contributed by atoms with Crippen molar-refractivity contribution in [2.24, 2.45) is 0 Å². The summed E-state index contributed by atoms with van der Waals surface area (Å²) in [7, 11) is -4.12. The number of hydrogen-bond acceptors (Lipinski definition) is 7. The Hall–Kier alpha value is -3.15. The van der Waals surface area contributed by atoms with Gasteiger partial charge in [-0.3, -0.25) is 4.57 Å². The molecule has 0 spiro atoms. The highest BCUT2D eigenvalue weighted by atomic mass is 32.2. The second-order valence-corrected chi connectivity index (χ2v) is 10.0. The molecule has 2 aromatic heterocycles. The highest BCUT2D eigenvalue weighted by molar-refractivity contribution is 7.87. The first-order valence-electron chi connectivity index (χ1n) is 11.2. The van der Waals surface area contributed by atoms with Crippen LogP contribution in [0.15, 0.2) is 45.7 Å². The van der Waals surface area contributed by atoms with Crippen molar-refractivity contribution in [1.29, 1.82) is 0 Å². The number of benzene rings is 2. The van der Waals surface area contributed by atoms with E-state index in [9.17, 15) is 13.2 Å². The number of nitrogens with zero attached hydrogens (tertiary/aromatic N) is 4. The number of fused-ring (bicyclic) bond motifs is 2. The van der Waals surface area contributed by atoms with Gasteiger partial charge in [0.15, 0.2) is 5.58 Å². The number of aryl methyl sites for hydroxylation is 1. The van der Waals surface area contributed by atoms with Gasteiger partial charge < -0.3 is 14.0 Å². The smallest absolute Gasteiger partial charge is 0.344 e. The van der Waals surface area contributed by atoms with E-state index in [1.165, 1.54) is 8.87 Å². The fraction of sp³-hybridized carbons (Fsp3) is 0.391. The first-order valence-corrected chi connectivity index (χ1v) is 12.6. The highest BCUT2D eigenvalue weighted by Gasteiger charge is 2.31. The van der Waals surface area contributed by atoms with Crippen LogP contribution in [0.2, 0.25) is 0 Å². The second-order valence-electron chi connectivity index (χ2n) is 8.25. The maximum atomic E-state index is 13.6. The molecule has 1 fully saturated rings. The summed E-state index contributed by atoms with van der Waals surface area (Å²) in [5, 5.41) is 4.72. The predicted molar refractivity (Wildman–Crippen MR) is 127 cm³/mol. The molecule has 10 nitrogen and oxygen atoms in total. The van der Waals surface area contributed by atoms with E-state index in [1.54, 1.807) is 19.1 Å². The van der Waals surface area contributed by atoms with Crippen LogP contribution in [0.1, 0.15) is 24.6 Å². The summed E-state index contributed by atoms with van der Waals surface area (Å²) in [6, 6.07) is 10.8. The van der Waals surface area contributed by atoms with E-state index in [0.717, 1.165) is 21.3 Å². The Balaban J connectivity index is 1.68. The molecule has 1 saturated heterocycles. The van der Waals surface area contributed by atoms with Crippen molar-refractivity contribution in [2.45, 2.75) is 26.8 Å². The van der Waals surface area contributed by atoms with E-state index in [4.69, 9.17) is 14.0 Å². The Morgan fingerprint density at radius 1 is 1.12 bits per heavy atom. The molecule has 0 N–H and O–H groups in total. The van der Waals surface area contributed by atoms with Crippen LogP contribution in [0.25, 0.3) is 22.0 Å². The molecule has 2 aromatic carbocycles. The maximum Gasteiger partial charge on any atom is 0.344 e. The lowest BCUT2D eigenvalue weighted by Gasteiger charge is -2.25. The largest absolute Gasteiger partial charge is 0.494 e. The first-order chi connectivity index (χ1) is 16.4. The van der Waals surface area contributed by atoms with Crippen LogP contribution in [-0.2, 0) is 21.5 Å². The van der Waals surface area contributed by atoms with Crippen molar-refractivity contribution < 1.29 is 22.4 Å². The molecule has 4 aromatic rings. The maximum absolute atomic E-state index is 13.6. The minimum atomic E-state index is -4.12. The Morgan fingerprint density at radius 3 is 2.68 bits per heavy atom. The zero-order valence-corrected chi connectivity index (χ0v) is 19.9. The third kappa shape index (κ3) is 3.89. The Bertz CT molecular complexity index is 1510. The normalized spacial score (nSPS) is 15.4. The average Bonchev–Trinajstić information content (AvgIpc) is 3.34. The van der Waals surface area contributed by atoms with Gasteiger partial charge in [-0.1, -0.05) is 24.2 Å². The lowest BCUT2D eigenvalue weighted by atomic mass is 10.2. The van der Waals surface area contributed by atoms with Gasteiger partial charge in [-0.15, -0.1) is 0 Å². The fourth-order valence-electron chi connectivity index (χ4n) is 4.18. The molecule has 0 aliphatic carbocycles. The molecular formula is C23H26N4O6S. The third-order valence-corrected chi connectivity index (χ3v) is 7.73. The average molecular weight is 487 g/mol. The third-order valence-electron chi connectivity index (χ3n) is 5.90. The first kappa shape index (κ1) is 22.6. The number of ether oxygens (including phenoxy) is 2. The zero-order valence-electron chi connectivity index (χ0n) is 19.1. The summed E-state index contributed by atoms with van der Waals surface area (Å²) in [6.45, 7) is 5.53. The van der Waals surface area contributed by atoms with Gasteiger partial charge in [0.05, 0.1) is 43.1 Å². The summed E-state index contributed by atoms with van der Waals surface area (Å²) < 4.78 is 47.1. The molecule has 0 unspecified atom stereocenters. The zero-order chi connectivity index (χ0) is 23.9. The topological polar surface area (TPSA) is 109 Å². The molecule has 0 saturated carbocycles. The Labute approximate surface area is 196 Å². The van der Waals surface area contributed by atoms with Crippen LogP contribution < -0.4 is 10.4 Å². The molecular weight excluding hydrogens is 460 g/mol. The number of hydrogen-bond donors (Lipinski definition) is 0. The van der Waals surface area contributed by atoms with E-state index in [0.29, 0.717) is 29.2 Å². The van der Waals surface area contributed by atoms with Crippen molar-refractivity contribution in [3.8, 4) is 5.75 Å². The number of aromatic nitrogens is 3. The van der Waals surface area contributed by atoms with E-state index in [1.807, 2.05) is 31.2 Å². The van der Waals surface area contributed by atoms with Crippen molar-refractivity contribution >= 4 is 32.2 Å². The lowest BCUT2D eigenvalue weighted by molar-refractivity contribution is 0.0726. The Kier molecular flexibility index (Phi) is 5.92. The van der Waals surface area contributed by atoms with Gasteiger partial charge in [0.1, 0.15) is 5.75 Å². The van der Waals surface area contributed by atoms with Gasteiger partial charge in [-0.2, -0.15) is 16.7 Å². The standard InChI is InChI=1S/C23H26N4O6S/c1-3-9-32-18-6-4-5-17(12-18)15-26-20-13-19-16(2)24-33-22(19)14-21(20)27(23(26)28)34(29,30)25-7-10-31-11-8-25/h4-6,12-14H,3,7-11,15H2,1-2H3. The van der Waals surface area contributed by atoms with Gasteiger partial charge in [-0.05, 0) is 37.1 Å². The molecule has 1 aliphatic heterocycles. The number of imidazole rings is 1. The van der Waals surface area contributed by atoms with Crippen molar-refractivity contribution in [2.75, 3.05) is 32.9 Å². The minimum Gasteiger partial charge on any atom is -0.494 e. The SMILES string of the molecule is CCCOc1cccc(Cn2c(=O)n(S(=O)(=O)N3CCOCC3)c3cc4onc(C)c4cc32)c1. The van der Waals surface area contributed by atoms with Gasteiger partial charge in [0.2, 0.25) is 0 Å². The summed E-state index contributed by atoms with van der Waals surface area (Å²) in [4.78, 5) is 13.6. The monoisotopic (exact) mass is 486 g/mol. The van der Waals surface area contributed by atoms with Crippen molar-refractivity contribution in [1.82, 2.24) is 18.0 Å². The quantitative estimate of drug-likeness (QED) is 0.395. The fourth-order valence-corrected chi connectivity index (χ4v) is 5.71. The number of morpholine rings is 1. The molecule has 34 heavy (non-hydrogen) atoms. The van der Waals surface area contributed by atoms with E-state index in [2.05, 4.69) is 5.16 Å². The predicted octanol–water partition coefficient (Wildman–Crippen LogP) is 2.51. The molecule has 0 radical (unpaired) electrons. The van der Waals surface area contributed by atoms with Crippen molar-refractivity contribution in [3.05, 3.63) is 58.1 Å². The van der Waals surface area contributed by atoms with Gasteiger partial charge in [-0.25, -0.2) is 4.79 Å². The summed E-state index contributed by atoms with van der Waals surface area (Å²) in [5.74, 6) is 0.703. The van der Waals surface area contributed by atoms with Crippen molar-refractivity contribution in [3.63, 3.8) is 0 Å². The molecule has 5 rings (SSSR count). The molecule has 0 atom stereocenters. The summed E-state index contributed by atoms with van der Waals surface area (Å²) in [6.07, 6.45) is 0.880. The van der Waals surface area contributed by atoms with Crippen LogP contribution in [0.4, 0.5) is 0 Å². The van der Waals surface area contributed by atoms with Crippen LogP contribution in [-0.4, -0.2) is 59.3 Å². The molecule has 180 valence electrons. The molecule has 0 bridgehead atoms. The van der Waals surface area contributed by atoms with Crippen LogP contribution in [0, 0.1) is 6.92 Å². The van der Waals surface area contributed by atoms with Crippen LogP contribution in [0.3, 0.4) is 0 Å². The second kappa shape index (κ2) is 8.90. The minimum absolute atomic E-state index is 0.181. The van der Waals surface area contributed by atoms with Gasteiger partial charge in [0, 0.05) is 24.5 Å². The molecule has 1 aliphatic rings. The van der Waals surface area contributed by atoms with Gasteiger partial charge in [0.25, 0.3) is 0 Å². The summed E-state index contributed by atoms with van der Waals surface area (Å²) >= 11 is 0. The Morgan fingerprint density at radius 2 is 1.91 bits per heavy atom. The van der Waals surface area contributed by atoms with Crippen LogP contribution in [0.5, 0.6) is 5.75 Å².